The van der Waals surface area contributed by atoms with Gasteiger partial charge >= 0.3 is 6.03 Å². The standard InChI is InChI=1S/C13H21N3O4/c17-9-1-4-15(5-2-9)13(19)16-6-3-11-10(7-16)14-12(18)8-20-11/h9-11,17H,1-8H2,(H,14,18)/t10-,11+/m1/s1. The zero-order valence-corrected chi connectivity index (χ0v) is 11.5. The molecule has 2 atom stereocenters. The number of hydrogen-bond acceptors (Lipinski definition) is 4. The van der Waals surface area contributed by atoms with Gasteiger partial charge in [-0.3, -0.25) is 4.79 Å². The number of morpholine rings is 1. The number of rotatable bonds is 0. The van der Waals surface area contributed by atoms with Crippen LogP contribution in [0.3, 0.4) is 0 Å². The fourth-order valence-corrected chi connectivity index (χ4v) is 3.13. The SMILES string of the molecule is O=C1CO[C@H]2CCN(C(=O)N3CCC(O)CC3)C[C@H]2N1. The number of piperidine rings is 2. The molecule has 0 spiro atoms. The van der Waals surface area contributed by atoms with Crippen LogP contribution in [0.2, 0.25) is 0 Å². The molecule has 3 fully saturated rings. The van der Waals surface area contributed by atoms with Gasteiger partial charge in [0.2, 0.25) is 5.91 Å². The van der Waals surface area contributed by atoms with E-state index >= 15 is 0 Å². The molecule has 7 nitrogen and oxygen atoms in total. The maximum atomic E-state index is 12.4. The Hall–Kier alpha value is -1.34. The third kappa shape index (κ3) is 2.73. The van der Waals surface area contributed by atoms with Gasteiger partial charge in [0.1, 0.15) is 6.61 Å². The highest BCUT2D eigenvalue weighted by Crippen LogP contribution is 2.20. The van der Waals surface area contributed by atoms with Crippen LogP contribution in [0.1, 0.15) is 19.3 Å². The van der Waals surface area contributed by atoms with E-state index in [4.69, 9.17) is 4.74 Å². The zero-order valence-electron chi connectivity index (χ0n) is 11.5. The fraction of sp³-hybridized carbons (Fsp3) is 0.846. The van der Waals surface area contributed by atoms with Crippen LogP contribution in [0.5, 0.6) is 0 Å². The van der Waals surface area contributed by atoms with Crippen molar-refractivity contribution >= 4 is 11.9 Å². The molecule has 3 aliphatic rings. The Labute approximate surface area is 117 Å². The highest BCUT2D eigenvalue weighted by molar-refractivity contribution is 5.79. The van der Waals surface area contributed by atoms with Gasteiger partial charge in [-0.25, -0.2) is 4.79 Å². The van der Waals surface area contributed by atoms with Crippen molar-refractivity contribution in [3.8, 4) is 0 Å². The molecule has 0 radical (unpaired) electrons. The van der Waals surface area contributed by atoms with E-state index in [1.165, 1.54) is 0 Å². The average molecular weight is 283 g/mol. The Morgan fingerprint density at radius 2 is 1.90 bits per heavy atom. The van der Waals surface area contributed by atoms with Crippen molar-refractivity contribution < 1.29 is 19.4 Å². The molecule has 20 heavy (non-hydrogen) atoms. The lowest BCUT2D eigenvalue weighted by atomic mass is 10.0. The molecule has 3 saturated heterocycles. The first kappa shape index (κ1) is 13.6. The number of aliphatic hydroxyl groups is 1. The van der Waals surface area contributed by atoms with E-state index in [0.717, 1.165) is 6.42 Å². The number of nitrogens with zero attached hydrogens (tertiary/aromatic N) is 2. The van der Waals surface area contributed by atoms with Crippen LogP contribution >= 0.6 is 0 Å². The maximum absolute atomic E-state index is 12.4. The van der Waals surface area contributed by atoms with Crippen molar-refractivity contribution in [3.05, 3.63) is 0 Å². The summed E-state index contributed by atoms with van der Waals surface area (Å²) in [7, 11) is 0. The van der Waals surface area contributed by atoms with Crippen molar-refractivity contribution in [3.63, 3.8) is 0 Å². The van der Waals surface area contributed by atoms with Crippen LogP contribution in [0, 0.1) is 0 Å². The molecule has 3 heterocycles. The van der Waals surface area contributed by atoms with Crippen molar-refractivity contribution in [2.24, 2.45) is 0 Å². The number of fused-ring (bicyclic) bond motifs is 1. The molecule has 7 heteroatoms. The molecule has 3 aliphatic heterocycles. The monoisotopic (exact) mass is 283 g/mol. The quantitative estimate of drug-likeness (QED) is 0.607. The van der Waals surface area contributed by atoms with Gasteiger partial charge in [0, 0.05) is 26.2 Å². The van der Waals surface area contributed by atoms with E-state index in [9.17, 15) is 14.7 Å². The number of nitrogens with one attached hydrogen (secondary N) is 1. The molecular weight excluding hydrogens is 262 g/mol. The Morgan fingerprint density at radius 1 is 1.20 bits per heavy atom. The summed E-state index contributed by atoms with van der Waals surface area (Å²) < 4.78 is 5.49. The van der Waals surface area contributed by atoms with Crippen LogP contribution in [0.4, 0.5) is 4.79 Å². The number of carbonyl (C=O) groups is 2. The summed E-state index contributed by atoms with van der Waals surface area (Å²) in [6, 6.07) is -0.0838. The van der Waals surface area contributed by atoms with E-state index in [1.54, 1.807) is 9.80 Å². The third-order valence-electron chi connectivity index (χ3n) is 4.33. The van der Waals surface area contributed by atoms with Crippen LogP contribution in [-0.4, -0.2) is 77.9 Å². The predicted octanol–water partition coefficient (Wildman–Crippen LogP) is -0.848. The molecule has 0 unspecified atom stereocenters. The van der Waals surface area contributed by atoms with Gasteiger partial charge < -0.3 is 25.0 Å². The minimum atomic E-state index is -0.282. The number of amides is 3. The van der Waals surface area contributed by atoms with Crippen LogP contribution in [0.15, 0.2) is 0 Å². The Kier molecular flexibility index (Phi) is 3.80. The molecule has 0 bridgehead atoms. The van der Waals surface area contributed by atoms with Crippen LogP contribution < -0.4 is 5.32 Å². The van der Waals surface area contributed by atoms with Gasteiger partial charge in [-0.05, 0) is 19.3 Å². The molecule has 0 aliphatic carbocycles. The third-order valence-corrected chi connectivity index (χ3v) is 4.33. The van der Waals surface area contributed by atoms with E-state index in [-0.39, 0.29) is 36.8 Å². The number of urea groups is 1. The molecule has 3 rings (SSSR count). The number of aliphatic hydroxyl groups excluding tert-OH is 1. The predicted molar refractivity (Wildman–Crippen MR) is 70.1 cm³/mol. The summed E-state index contributed by atoms with van der Waals surface area (Å²) in [4.78, 5) is 27.4. The van der Waals surface area contributed by atoms with Crippen molar-refractivity contribution in [1.82, 2.24) is 15.1 Å². The lowest BCUT2D eigenvalue weighted by molar-refractivity contribution is -0.139. The van der Waals surface area contributed by atoms with E-state index in [0.29, 0.717) is 39.0 Å². The molecule has 112 valence electrons. The molecular formula is C13H21N3O4. The van der Waals surface area contributed by atoms with E-state index in [1.807, 2.05) is 0 Å². The molecule has 0 aromatic heterocycles. The maximum Gasteiger partial charge on any atom is 0.320 e. The highest BCUT2D eigenvalue weighted by Gasteiger charge is 2.37. The molecule has 0 aromatic rings. The van der Waals surface area contributed by atoms with Gasteiger partial charge in [0.15, 0.2) is 0 Å². The fourth-order valence-electron chi connectivity index (χ4n) is 3.13. The number of ether oxygens (including phenoxy) is 1. The number of carbonyl (C=O) groups excluding carboxylic acids is 2. The second kappa shape index (κ2) is 5.57. The molecule has 0 saturated carbocycles. The summed E-state index contributed by atoms with van der Waals surface area (Å²) in [5.74, 6) is -0.110. The van der Waals surface area contributed by atoms with Gasteiger partial charge in [0.05, 0.1) is 18.2 Å². The largest absolute Gasteiger partial charge is 0.393 e. The summed E-state index contributed by atoms with van der Waals surface area (Å²) in [6.07, 6.45) is 1.79. The second-order valence-corrected chi connectivity index (χ2v) is 5.76. The summed E-state index contributed by atoms with van der Waals surface area (Å²) in [5.41, 5.74) is 0. The minimum absolute atomic E-state index is 0.00942. The van der Waals surface area contributed by atoms with E-state index < -0.39 is 0 Å². The minimum Gasteiger partial charge on any atom is -0.393 e. The topological polar surface area (TPSA) is 82.1 Å². The average Bonchev–Trinajstić information content (AvgIpc) is 2.46. The zero-order chi connectivity index (χ0) is 14.1. The summed E-state index contributed by atoms with van der Waals surface area (Å²) in [5, 5.41) is 12.4. The first-order valence-corrected chi connectivity index (χ1v) is 7.26. The van der Waals surface area contributed by atoms with Crippen LogP contribution in [0.25, 0.3) is 0 Å². The number of likely N-dealkylation sites (tertiary alicyclic amines) is 2. The Bertz CT molecular complexity index is 395. The second-order valence-electron chi connectivity index (χ2n) is 5.76. The van der Waals surface area contributed by atoms with Crippen molar-refractivity contribution in [1.29, 1.82) is 0 Å². The lowest BCUT2D eigenvalue weighted by Gasteiger charge is -2.43. The number of hydrogen-bond donors (Lipinski definition) is 2. The van der Waals surface area contributed by atoms with Crippen molar-refractivity contribution in [2.75, 3.05) is 32.8 Å². The normalized spacial score (nSPS) is 31.8. The van der Waals surface area contributed by atoms with Crippen molar-refractivity contribution in [2.45, 2.75) is 37.5 Å². The molecule has 2 N–H and O–H groups in total. The van der Waals surface area contributed by atoms with Gasteiger partial charge in [-0.1, -0.05) is 0 Å². The first-order valence-electron chi connectivity index (χ1n) is 7.26. The highest BCUT2D eigenvalue weighted by atomic mass is 16.5. The van der Waals surface area contributed by atoms with Gasteiger partial charge in [-0.15, -0.1) is 0 Å². The van der Waals surface area contributed by atoms with E-state index in [2.05, 4.69) is 5.32 Å². The Balaban J connectivity index is 1.57. The molecule has 3 amide bonds. The first-order chi connectivity index (χ1) is 9.63. The summed E-state index contributed by atoms with van der Waals surface area (Å²) in [6.45, 7) is 2.50. The van der Waals surface area contributed by atoms with Gasteiger partial charge in [0.25, 0.3) is 0 Å². The smallest absolute Gasteiger partial charge is 0.320 e. The summed E-state index contributed by atoms with van der Waals surface area (Å²) >= 11 is 0. The van der Waals surface area contributed by atoms with Crippen LogP contribution in [-0.2, 0) is 9.53 Å². The lowest BCUT2D eigenvalue weighted by Crippen LogP contribution is -2.62. The molecule has 0 aromatic carbocycles. The van der Waals surface area contributed by atoms with Gasteiger partial charge in [-0.2, -0.15) is 0 Å². The Morgan fingerprint density at radius 3 is 2.65 bits per heavy atom.